The first-order valence-corrected chi connectivity index (χ1v) is 4.60. The largest absolute Gasteiger partial charge is 0.408 e. The minimum atomic E-state index is 0.646. The van der Waals surface area contributed by atoms with Crippen LogP contribution in [0.1, 0.15) is 0 Å². The van der Waals surface area contributed by atoms with Crippen molar-refractivity contribution in [3.05, 3.63) is 23.2 Å². The second-order valence-electron chi connectivity index (χ2n) is 2.07. The van der Waals surface area contributed by atoms with Crippen LogP contribution in [0.3, 0.4) is 0 Å². The summed E-state index contributed by atoms with van der Waals surface area (Å²) in [5, 5.41) is 0.676. The smallest absolute Gasteiger partial charge is 0.0786 e. The molecule has 0 radical (unpaired) electrons. The minimum absolute atomic E-state index is 0.646. The molecule has 0 aliphatic heterocycles. The van der Waals surface area contributed by atoms with Crippen LogP contribution in [0, 0.1) is 0 Å². The molecule has 1 aromatic carbocycles. The zero-order valence-electron chi connectivity index (χ0n) is 5.37. The highest BCUT2D eigenvalue weighted by Gasteiger charge is 1.96. The first kappa shape index (κ1) is 7.28. The molecule has 0 spiro atoms. The van der Waals surface area contributed by atoms with Gasteiger partial charge in [0.05, 0.1) is 10.5 Å². The van der Waals surface area contributed by atoms with E-state index >= 15 is 0 Å². The Bertz CT molecular complexity index is 396. The Morgan fingerprint density at radius 2 is 2.27 bits per heavy atom. The molecule has 56 valence electrons. The summed E-state index contributed by atoms with van der Waals surface area (Å²) in [6.07, 6.45) is 0. The van der Waals surface area contributed by atoms with Crippen molar-refractivity contribution in [2.24, 2.45) is 0 Å². The third-order valence-electron chi connectivity index (χ3n) is 1.35. The van der Waals surface area contributed by atoms with Gasteiger partial charge in [-0.05, 0) is 15.1 Å². The lowest BCUT2D eigenvalue weighted by Crippen LogP contribution is -1.69. The summed E-state index contributed by atoms with van der Waals surface area (Å²) >= 11 is 12.3. The summed E-state index contributed by atoms with van der Waals surface area (Å²) in [7, 11) is 0. The lowest BCUT2D eigenvalue weighted by atomic mass is 10.3. The van der Waals surface area contributed by atoms with E-state index in [9.17, 15) is 0 Å². The summed E-state index contributed by atoms with van der Waals surface area (Å²) in [4.78, 5) is 4.11. The summed E-state index contributed by atoms with van der Waals surface area (Å²) in [6, 6.07) is 5.69. The van der Waals surface area contributed by atoms with Crippen LogP contribution in [0.15, 0.2) is 22.5 Å². The van der Waals surface area contributed by atoms with E-state index in [1.54, 1.807) is 0 Å². The van der Waals surface area contributed by atoms with Crippen LogP contribution in [0.25, 0.3) is 10.2 Å². The molecule has 1 nitrogen and oxygen atoms in total. The van der Waals surface area contributed by atoms with E-state index in [-0.39, 0.29) is 0 Å². The van der Waals surface area contributed by atoms with Crippen molar-refractivity contribution in [3.8, 4) is 0 Å². The van der Waals surface area contributed by atoms with E-state index < -0.39 is 0 Å². The summed E-state index contributed by atoms with van der Waals surface area (Å²) < 4.78 is 1.70. The summed E-state index contributed by atoms with van der Waals surface area (Å²) in [6.45, 7) is 0. The number of thiazole rings is 1. The molecule has 0 aliphatic carbocycles. The lowest BCUT2D eigenvalue weighted by molar-refractivity contribution is 1.31. The normalized spacial score (nSPS) is 10.6. The van der Waals surface area contributed by atoms with Crippen LogP contribution in [0.4, 0.5) is 0 Å². The van der Waals surface area contributed by atoms with Gasteiger partial charge in [-0.2, -0.15) is 0 Å². The Kier molecular flexibility index (Phi) is 1.71. The Balaban J connectivity index is 2.90. The summed E-state index contributed by atoms with van der Waals surface area (Å²) in [5.74, 6) is 0. The van der Waals surface area contributed by atoms with Crippen LogP contribution >= 0.6 is 22.9 Å². The molecule has 0 saturated heterocycles. The number of para-hydroxylation sites is 1. The number of hydrogen-bond donors (Lipinski definition) is 0. The van der Waals surface area contributed by atoms with E-state index in [0.717, 1.165) is 10.2 Å². The molecule has 0 fully saturated rings. The minimum Gasteiger partial charge on any atom is -0.408 e. The van der Waals surface area contributed by atoms with Crippen molar-refractivity contribution < 1.29 is 0 Å². The maximum Gasteiger partial charge on any atom is 0.0786 e. The molecule has 1 heterocycles. The van der Waals surface area contributed by atoms with Gasteiger partial charge in [-0.3, -0.25) is 4.98 Å². The number of halogens is 1. The van der Waals surface area contributed by atoms with Gasteiger partial charge in [0.1, 0.15) is 0 Å². The van der Waals surface area contributed by atoms with Gasteiger partial charge in [-0.25, -0.2) is 0 Å². The van der Waals surface area contributed by atoms with Crippen molar-refractivity contribution in [2.45, 2.75) is 4.34 Å². The molecule has 0 N–H and O–H groups in total. The maximum absolute atomic E-state index is 5.87. The van der Waals surface area contributed by atoms with E-state index in [2.05, 4.69) is 4.98 Å². The van der Waals surface area contributed by atoms with Gasteiger partial charge < -0.3 is 24.0 Å². The van der Waals surface area contributed by atoms with Crippen molar-refractivity contribution in [1.29, 1.82) is 0 Å². The fourth-order valence-electron chi connectivity index (χ4n) is 0.895. The molecule has 2 rings (SSSR count). The average Bonchev–Trinajstić information content (AvgIpc) is 2.31. The van der Waals surface area contributed by atoms with Gasteiger partial charge in [-0.1, -0.05) is 23.7 Å². The highest BCUT2D eigenvalue weighted by molar-refractivity contribution is 7.63. The molecular formula is C7H3ClNS2-. The van der Waals surface area contributed by atoms with E-state index in [1.165, 1.54) is 11.3 Å². The quantitative estimate of drug-likeness (QED) is 0.607. The Hall–Kier alpha value is -0.380. The maximum atomic E-state index is 5.87. The van der Waals surface area contributed by atoms with Crippen LogP contribution in [0.2, 0.25) is 5.02 Å². The highest BCUT2D eigenvalue weighted by atomic mass is 35.5. The van der Waals surface area contributed by atoms with E-state index in [4.69, 9.17) is 24.2 Å². The zero-order valence-corrected chi connectivity index (χ0v) is 7.76. The number of fused-ring (bicyclic) bond motifs is 1. The monoisotopic (exact) mass is 200 g/mol. The molecule has 0 atom stereocenters. The first-order valence-electron chi connectivity index (χ1n) is 2.99. The van der Waals surface area contributed by atoms with Crippen molar-refractivity contribution in [3.63, 3.8) is 0 Å². The first-order chi connectivity index (χ1) is 5.27. The fraction of sp³-hybridized carbons (Fsp3) is 0. The molecule has 0 amide bonds. The van der Waals surface area contributed by atoms with Crippen LogP contribution < -0.4 is 0 Å². The predicted molar refractivity (Wildman–Crippen MR) is 50.3 cm³/mol. The van der Waals surface area contributed by atoms with Gasteiger partial charge in [0.2, 0.25) is 0 Å². The number of rotatable bonds is 0. The van der Waals surface area contributed by atoms with Gasteiger partial charge in [-0.15, -0.1) is 0 Å². The number of hydrogen-bond acceptors (Lipinski definition) is 3. The molecule has 11 heavy (non-hydrogen) atoms. The van der Waals surface area contributed by atoms with Gasteiger partial charge >= 0.3 is 0 Å². The van der Waals surface area contributed by atoms with Crippen LogP contribution in [-0.4, -0.2) is 4.98 Å². The molecular weight excluding hydrogens is 198 g/mol. The second kappa shape index (κ2) is 2.59. The van der Waals surface area contributed by atoms with E-state index in [0.29, 0.717) is 9.36 Å². The van der Waals surface area contributed by atoms with Crippen molar-refractivity contribution >= 4 is 45.8 Å². The Labute approximate surface area is 78.4 Å². The molecule has 0 saturated carbocycles. The summed E-state index contributed by atoms with van der Waals surface area (Å²) in [5.41, 5.74) is 0.823. The second-order valence-corrected chi connectivity index (χ2v) is 4.15. The number of nitrogens with zero attached hydrogens (tertiary/aromatic N) is 1. The zero-order chi connectivity index (χ0) is 7.84. The van der Waals surface area contributed by atoms with Crippen LogP contribution in [0.5, 0.6) is 0 Å². The molecule has 4 heteroatoms. The van der Waals surface area contributed by atoms with Gasteiger partial charge in [0.25, 0.3) is 0 Å². The average molecular weight is 201 g/mol. The topological polar surface area (TPSA) is 12.9 Å². The molecule has 1 aromatic heterocycles. The van der Waals surface area contributed by atoms with Gasteiger partial charge in [0.15, 0.2) is 0 Å². The molecule has 0 aliphatic rings. The standard InChI is InChI=1S/C7H4ClNS2/c8-4-2-1-3-5-6(4)9-7(10)11-5/h1-3H,(H,9,10)/p-1. The predicted octanol–water partition coefficient (Wildman–Crippen LogP) is 2.86. The molecule has 0 bridgehead atoms. The SMILES string of the molecule is [S-]c1nc2c(Cl)cccc2s1. The third kappa shape index (κ3) is 1.20. The molecule has 0 unspecified atom stereocenters. The van der Waals surface area contributed by atoms with Crippen molar-refractivity contribution in [1.82, 2.24) is 4.98 Å². The molecule has 2 aromatic rings. The van der Waals surface area contributed by atoms with Gasteiger partial charge in [0, 0.05) is 0 Å². The number of benzene rings is 1. The van der Waals surface area contributed by atoms with Crippen LogP contribution in [-0.2, 0) is 12.6 Å². The Morgan fingerprint density at radius 3 is 3.00 bits per heavy atom. The Morgan fingerprint density at radius 1 is 1.45 bits per heavy atom. The highest BCUT2D eigenvalue weighted by Crippen LogP contribution is 2.27. The number of aromatic nitrogens is 1. The third-order valence-corrected chi connectivity index (χ3v) is 2.81. The van der Waals surface area contributed by atoms with E-state index in [1.807, 2.05) is 18.2 Å². The lowest BCUT2D eigenvalue weighted by Gasteiger charge is -1.91. The fourth-order valence-corrected chi connectivity index (χ4v) is 2.25. The van der Waals surface area contributed by atoms with Crippen molar-refractivity contribution in [2.75, 3.05) is 0 Å².